The van der Waals surface area contributed by atoms with Crippen molar-refractivity contribution in [2.45, 2.75) is 19.2 Å². The molecule has 0 bridgehead atoms. The maximum Gasteiger partial charge on any atom is 0.310 e. The summed E-state index contributed by atoms with van der Waals surface area (Å²) < 4.78 is 5.44. The molecule has 0 aliphatic rings. The number of nitro benzene ring substituents is 1. The maximum atomic E-state index is 10.8. The number of alkyl halides is 1. The molecule has 0 saturated carbocycles. The lowest BCUT2D eigenvalue weighted by Gasteiger charge is -2.09. The fourth-order valence-corrected chi connectivity index (χ4v) is 1.51. The number of hydrogen-bond donors (Lipinski definition) is 0. The van der Waals surface area contributed by atoms with Crippen LogP contribution in [0.3, 0.4) is 0 Å². The van der Waals surface area contributed by atoms with Crippen LogP contribution in [0, 0.1) is 16.0 Å². The molecular formula is C11H14BrNO3. The molecule has 1 aromatic rings. The van der Waals surface area contributed by atoms with Crippen LogP contribution >= 0.6 is 15.9 Å². The lowest BCUT2D eigenvalue weighted by atomic mass is 10.2. The Kier molecular flexibility index (Phi) is 4.73. The number of rotatable bonds is 5. The molecule has 5 heteroatoms. The zero-order valence-electron chi connectivity index (χ0n) is 9.27. The maximum absolute atomic E-state index is 10.8. The number of hydrogen-bond acceptors (Lipinski definition) is 3. The van der Waals surface area contributed by atoms with Gasteiger partial charge in [0.2, 0.25) is 0 Å². The Hall–Kier alpha value is -1.10. The van der Waals surface area contributed by atoms with E-state index in [0.717, 1.165) is 5.56 Å². The molecule has 0 atom stereocenters. The summed E-state index contributed by atoms with van der Waals surface area (Å²) in [7, 11) is 0. The number of ether oxygens (including phenoxy) is 1. The molecule has 0 saturated heterocycles. The van der Waals surface area contributed by atoms with Crippen LogP contribution in [-0.2, 0) is 5.33 Å². The Balaban J connectivity index is 2.96. The molecule has 88 valence electrons. The topological polar surface area (TPSA) is 52.4 Å². The molecule has 0 N–H and O–H groups in total. The van der Waals surface area contributed by atoms with Crippen LogP contribution in [0.25, 0.3) is 0 Å². The van der Waals surface area contributed by atoms with Gasteiger partial charge in [-0.15, -0.1) is 0 Å². The zero-order valence-corrected chi connectivity index (χ0v) is 10.9. The highest BCUT2D eigenvalue weighted by Gasteiger charge is 2.15. The van der Waals surface area contributed by atoms with Crippen molar-refractivity contribution in [3.63, 3.8) is 0 Å². The third-order valence-electron chi connectivity index (χ3n) is 1.95. The summed E-state index contributed by atoms with van der Waals surface area (Å²) >= 11 is 3.31. The van der Waals surface area contributed by atoms with Gasteiger partial charge >= 0.3 is 5.69 Å². The van der Waals surface area contributed by atoms with Crippen molar-refractivity contribution in [1.82, 2.24) is 0 Å². The largest absolute Gasteiger partial charge is 0.487 e. The van der Waals surface area contributed by atoms with Gasteiger partial charge in [0.1, 0.15) is 0 Å². The van der Waals surface area contributed by atoms with E-state index >= 15 is 0 Å². The average molecular weight is 288 g/mol. The minimum Gasteiger partial charge on any atom is -0.487 e. The van der Waals surface area contributed by atoms with Gasteiger partial charge in [-0.05, 0) is 17.5 Å². The van der Waals surface area contributed by atoms with Gasteiger partial charge in [-0.3, -0.25) is 10.1 Å². The lowest BCUT2D eigenvalue weighted by Crippen LogP contribution is -2.06. The SMILES string of the molecule is CC(C)COc1cc(CBr)ccc1[N+](=O)[O-]. The van der Waals surface area contributed by atoms with Gasteiger partial charge < -0.3 is 4.74 Å². The van der Waals surface area contributed by atoms with E-state index in [-0.39, 0.29) is 5.69 Å². The highest BCUT2D eigenvalue weighted by molar-refractivity contribution is 9.08. The first-order chi connectivity index (χ1) is 7.54. The van der Waals surface area contributed by atoms with E-state index in [2.05, 4.69) is 15.9 Å². The molecule has 0 aliphatic carbocycles. The average Bonchev–Trinajstić information content (AvgIpc) is 2.25. The Morgan fingerprint density at radius 1 is 1.50 bits per heavy atom. The standard InChI is InChI=1S/C11H14BrNO3/c1-8(2)7-16-11-5-9(6-12)3-4-10(11)13(14)15/h3-5,8H,6-7H2,1-2H3. The third kappa shape index (κ3) is 3.48. The lowest BCUT2D eigenvalue weighted by molar-refractivity contribution is -0.385. The first-order valence-corrected chi connectivity index (χ1v) is 6.12. The van der Waals surface area contributed by atoms with Crippen molar-refractivity contribution < 1.29 is 9.66 Å². The molecule has 0 spiro atoms. The van der Waals surface area contributed by atoms with Gasteiger partial charge in [0, 0.05) is 11.4 Å². The predicted octanol–water partition coefficient (Wildman–Crippen LogP) is 3.52. The van der Waals surface area contributed by atoms with Gasteiger partial charge in [0.05, 0.1) is 11.5 Å². The number of nitrogens with zero attached hydrogens (tertiary/aromatic N) is 1. The molecule has 0 unspecified atom stereocenters. The van der Waals surface area contributed by atoms with E-state index in [0.29, 0.717) is 23.6 Å². The zero-order chi connectivity index (χ0) is 12.1. The molecule has 0 fully saturated rings. The second kappa shape index (κ2) is 5.84. The quantitative estimate of drug-likeness (QED) is 0.473. The van der Waals surface area contributed by atoms with Crippen LogP contribution in [-0.4, -0.2) is 11.5 Å². The summed E-state index contributed by atoms with van der Waals surface area (Å²) in [5, 5.41) is 11.4. The van der Waals surface area contributed by atoms with E-state index < -0.39 is 4.92 Å². The summed E-state index contributed by atoms with van der Waals surface area (Å²) in [5.74, 6) is 0.683. The van der Waals surface area contributed by atoms with Crippen LogP contribution < -0.4 is 4.74 Å². The molecular weight excluding hydrogens is 274 g/mol. The van der Waals surface area contributed by atoms with Crippen LogP contribution in [0.1, 0.15) is 19.4 Å². The summed E-state index contributed by atoms with van der Waals surface area (Å²) in [6, 6.07) is 4.90. The van der Waals surface area contributed by atoms with Crippen molar-refractivity contribution in [3.05, 3.63) is 33.9 Å². The Morgan fingerprint density at radius 2 is 2.19 bits per heavy atom. The van der Waals surface area contributed by atoms with Gasteiger partial charge in [0.15, 0.2) is 5.75 Å². The first kappa shape index (κ1) is 13.0. The highest BCUT2D eigenvalue weighted by atomic mass is 79.9. The van der Waals surface area contributed by atoms with Gasteiger partial charge in [-0.2, -0.15) is 0 Å². The second-order valence-electron chi connectivity index (χ2n) is 3.90. The fourth-order valence-electron chi connectivity index (χ4n) is 1.16. The summed E-state index contributed by atoms with van der Waals surface area (Å²) in [4.78, 5) is 10.4. The van der Waals surface area contributed by atoms with Gasteiger partial charge in [-0.25, -0.2) is 0 Å². The number of benzene rings is 1. The molecule has 0 amide bonds. The van der Waals surface area contributed by atoms with Crippen LogP contribution in [0.15, 0.2) is 18.2 Å². The molecule has 16 heavy (non-hydrogen) atoms. The monoisotopic (exact) mass is 287 g/mol. The van der Waals surface area contributed by atoms with Gasteiger partial charge in [0.25, 0.3) is 0 Å². The van der Waals surface area contributed by atoms with E-state index in [9.17, 15) is 10.1 Å². The van der Waals surface area contributed by atoms with Gasteiger partial charge in [-0.1, -0.05) is 35.8 Å². The first-order valence-electron chi connectivity index (χ1n) is 5.00. The molecule has 0 radical (unpaired) electrons. The Bertz CT molecular complexity index is 379. The second-order valence-corrected chi connectivity index (χ2v) is 4.46. The van der Waals surface area contributed by atoms with Crippen LogP contribution in [0.4, 0.5) is 5.69 Å². The minimum atomic E-state index is -0.423. The molecule has 1 rings (SSSR count). The van der Waals surface area contributed by atoms with Crippen molar-refractivity contribution in [1.29, 1.82) is 0 Å². The number of halogens is 1. The fraction of sp³-hybridized carbons (Fsp3) is 0.455. The van der Waals surface area contributed by atoms with Crippen molar-refractivity contribution in [3.8, 4) is 5.75 Å². The molecule has 4 nitrogen and oxygen atoms in total. The van der Waals surface area contributed by atoms with Crippen molar-refractivity contribution in [2.75, 3.05) is 6.61 Å². The van der Waals surface area contributed by atoms with Crippen LogP contribution in [0.5, 0.6) is 5.75 Å². The van der Waals surface area contributed by atoms with E-state index in [1.807, 2.05) is 13.8 Å². The third-order valence-corrected chi connectivity index (χ3v) is 2.59. The summed E-state index contributed by atoms with van der Waals surface area (Å²) in [6.07, 6.45) is 0. The summed E-state index contributed by atoms with van der Waals surface area (Å²) in [5.41, 5.74) is 0.981. The van der Waals surface area contributed by atoms with E-state index in [4.69, 9.17) is 4.74 Å². The summed E-state index contributed by atoms with van der Waals surface area (Å²) in [6.45, 7) is 4.48. The van der Waals surface area contributed by atoms with Crippen LogP contribution in [0.2, 0.25) is 0 Å². The molecule has 1 aromatic carbocycles. The Labute approximate surface area is 103 Å². The molecule has 0 aliphatic heterocycles. The van der Waals surface area contributed by atoms with E-state index in [1.165, 1.54) is 6.07 Å². The molecule has 0 heterocycles. The predicted molar refractivity (Wildman–Crippen MR) is 66.1 cm³/mol. The van der Waals surface area contributed by atoms with Crippen molar-refractivity contribution in [2.24, 2.45) is 5.92 Å². The number of nitro groups is 1. The van der Waals surface area contributed by atoms with E-state index in [1.54, 1.807) is 12.1 Å². The molecule has 0 aromatic heterocycles. The smallest absolute Gasteiger partial charge is 0.310 e. The Morgan fingerprint density at radius 3 is 2.69 bits per heavy atom. The van der Waals surface area contributed by atoms with Crippen molar-refractivity contribution >= 4 is 21.6 Å². The normalized spacial score (nSPS) is 10.5. The highest BCUT2D eigenvalue weighted by Crippen LogP contribution is 2.29. The minimum absolute atomic E-state index is 0.0188.